The number of anilines is 1. The molecule has 0 saturated carbocycles. The average Bonchev–Trinajstić information content (AvgIpc) is 2.47. The van der Waals surface area contributed by atoms with Gasteiger partial charge < -0.3 is 11.1 Å². The molecule has 1 aromatic carbocycles. The van der Waals surface area contributed by atoms with Gasteiger partial charge in [-0.1, -0.05) is 23.7 Å². The van der Waals surface area contributed by atoms with Crippen molar-refractivity contribution in [1.29, 1.82) is 0 Å². The van der Waals surface area contributed by atoms with Crippen molar-refractivity contribution in [1.82, 2.24) is 4.98 Å². The Morgan fingerprint density at radius 3 is 3.00 bits per heavy atom. The van der Waals surface area contributed by atoms with Crippen LogP contribution in [0.1, 0.15) is 28.0 Å². The van der Waals surface area contributed by atoms with Crippen LogP contribution in [-0.4, -0.2) is 16.9 Å². The monoisotopic (exact) mass is 301 g/mol. The first-order valence-corrected chi connectivity index (χ1v) is 7.30. The van der Waals surface area contributed by atoms with Gasteiger partial charge in [-0.2, -0.15) is 0 Å². The number of rotatable bonds is 2. The van der Waals surface area contributed by atoms with E-state index < -0.39 is 0 Å². The molecule has 0 radical (unpaired) electrons. The van der Waals surface area contributed by atoms with Crippen molar-refractivity contribution in [3.05, 3.63) is 58.4 Å². The molecule has 3 rings (SSSR count). The molecule has 1 aliphatic carbocycles. The molecule has 1 aromatic heterocycles. The Labute approximate surface area is 128 Å². The molecule has 5 heteroatoms. The highest BCUT2D eigenvalue weighted by Crippen LogP contribution is 2.23. The maximum Gasteiger partial charge on any atom is 0.257 e. The van der Waals surface area contributed by atoms with Crippen LogP contribution in [0.25, 0.3) is 0 Å². The van der Waals surface area contributed by atoms with Crippen LogP contribution in [0.15, 0.2) is 36.5 Å². The summed E-state index contributed by atoms with van der Waals surface area (Å²) in [7, 11) is 0. The number of nitrogens with zero attached hydrogens (tertiary/aromatic N) is 1. The summed E-state index contributed by atoms with van der Waals surface area (Å²) in [5.41, 5.74) is 9.30. The number of fused-ring (bicyclic) bond motifs is 1. The summed E-state index contributed by atoms with van der Waals surface area (Å²) in [6.07, 6.45) is 4.35. The summed E-state index contributed by atoms with van der Waals surface area (Å²) < 4.78 is 0. The third-order valence-electron chi connectivity index (χ3n) is 3.67. The van der Waals surface area contributed by atoms with Gasteiger partial charge in [0.25, 0.3) is 5.91 Å². The van der Waals surface area contributed by atoms with Crippen molar-refractivity contribution >= 4 is 23.2 Å². The molecular weight excluding hydrogens is 286 g/mol. The van der Waals surface area contributed by atoms with Crippen LogP contribution < -0.4 is 11.1 Å². The lowest BCUT2D eigenvalue weighted by molar-refractivity contribution is 0.102. The molecule has 1 atom stereocenters. The number of carbonyl (C=O) groups excluding carboxylic acids is 1. The van der Waals surface area contributed by atoms with Crippen molar-refractivity contribution in [2.75, 3.05) is 5.32 Å². The summed E-state index contributed by atoms with van der Waals surface area (Å²) in [5, 5.41) is 3.27. The number of pyridine rings is 1. The third-order valence-corrected chi connectivity index (χ3v) is 4.00. The fourth-order valence-electron chi connectivity index (χ4n) is 2.56. The van der Waals surface area contributed by atoms with E-state index in [2.05, 4.69) is 10.3 Å². The summed E-state index contributed by atoms with van der Waals surface area (Å²) >= 11 is 6.03. The van der Waals surface area contributed by atoms with Gasteiger partial charge in [0.05, 0.1) is 22.5 Å². The van der Waals surface area contributed by atoms with Crippen LogP contribution in [0.2, 0.25) is 5.02 Å². The van der Waals surface area contributed by atoms with Crippen molar-refractivity contribution in [2.45, 2.75) is 25.3 Å². The highest BCUT2D eigenvalue weighted by molar-refractivity contribution is 6.34. The van der Waals surface area contributed by atoms with Gasteiger partial charge in [-0.25, -0.2) is 0 Å². The number of hydrogen-bond acceptors (Lipinski definition) is 3. The molecule has 1 heterocycles. The number of amides is 1. The average molecular weight is 302 g/mol. The lowest BCUT2D eigenvalue weighted by Crippen LogP contribution is -2.28. The van der Waals surface area contributed by atoms with E-state index >= 15 is 0 Å². The third kappa shape index (κ3) is 3.06. The second kappa shape index (κ2) is 5.84. The van der Waals surface area contributed by atoms with Gasteiger partial charge in [-0.05, 0) is 43.0 Å². The predicted octanol–water partition coefficient (Wildman–Crippen LogP) is 2.80. The van der Waals surface area contributed by atoms with Crippen LogP contribution in [0.5, 0.6) is 0 Å². The molecule has 1 amide bonds. The zero-order chi connectivity index (χ0) is 14.8. The quantitative estimate of drug-likeness (QED) is 0.896. The molecule has 1 unspecified atom stereocenters. The number of aryl methyl sites for hydroxylation is 1. The number of nitrogens with one attached hydrogen (secondary N) is 1. The largest absolute Gasteiger partial charge is 0.327 e. The maximum absolute atomic E-state index is 12.2. The lowest BCUT2D eigenvalue weighted by Gasteiger charge is -2.21. The lowest BCUT2D eigenvalue weighted by atomic mass is 9.92. The number of halogens is 1. The van der Waals surface area contributed by atoms with Crippen LogP contribution in [-0.2, 0) is 12.8 Å². The summed E-state index contributed by atoms with van der Waals surface area (Å²) in [6.45, 7) is 0. The van der Waals surface area contributed by atoms with E-state index in [1.54, 1.807) is 30.5 Å². The van der Waals surface area contributed by atoms with Crippen molar-refractivity contribution in [3.63, 3.8) is 0 Å². The first-order valence-electron chi connectivity index (χ1n) is 6.93. The van der Waals surface area contributed by atoms with Crippen LogP contribution >= 0.6 is 11.6 Å². The van der Waals surface area contributed by atoms with Crippen LogP contribution in [0, 0.1) is 0 Å². The van der Waals surface area contributed by atoms with E-state index in [0.29, 0.717) is 16.3 Å². The molecule has 0 saturated heterocycles. The number of carbonyl (C=O) groups is 1. The van der Waals surface area contributed by atoms with Gasteiger partial charge >= 0.3 is 0 Å². The molecule has 3 N–H and O–H groups in total. The first kappa shape index (κ1) is 14.0. The Hall–Kier alpha value is -1.91. The zero-order valence-electron chi connectivity index (χ0n) is 11.5. The SMILES string of the molecule is NC1CCc2ncc(NC(=O)c3ccccc3Cl)cc2C1. The Balaban J connectivity index is 1.81. The molecule has 0 fully saturated rings. The first-order chi connectivity index (χ1) is 10.1. The van der Waals surface area contributed by atoms with Gasteiger partial charge in [0, 0.05) is 11.7 Å². The molecule has 4 nitrogen and oxygen atoms in total. The number of benzene rings is 1. The second-order valence-corrected chi connectivity index (χ2v) is 5.67. The number of aromatic nitrogens is 1. The predicted molar refractivity (Wildman–Crippen MR) is 83.6 cm³/mol. The summed E-state index contributed by atoms with van der Waals surface area (Å²) in [6, 6.07) is 9.09. The fourth-order valence-corrected chi connectivity index (χ4v) is 2.78. The molecule has 0 aliphatic heterocycles. The maximum atomic E-state index is 12.2. The van der Waals surface area contributed by atoms with Crippen molar-refractivity contribution < 1.29 is 4.79 Å². The number of hydrogen-bond donors (Lipinski definition) is 2. The standard InChI is InChI=1S/C16H16ClN3O/c17-14-4-2-1-3-13(14)16(21)20-12-8-10-7-11(18)5-6-15(10)19-9-12/h1-4,8-9,11H,5-7,18H2,(H,20,21). The zero-order valence-corrected chi connectivity index (χ0v) is 12.2. The highest BCUT2D eigenvalue weighted by atomic mass is 35.5. The minimum atomic E-state index is -0.234. The Morgan fingerprint density at radius 2 is 2.19 bits per heavy atom. The van der Waals surface area contributed by atoms with E-state index in [1.165, 1.54) is 0 Å². The second-order valence-electron chi connectivity index (χ2n) is 5.27. The fraction of sp³-hybridized carbons (Fsp3) is 0.250. The molecule has 21 heavy (non-hydrogen) atoms. The Morgan fingerprint density at radius 1 is 1.38 bits per heavy atom. The van der Waals surface area contributed by atoms with E-state index in [1.807, 2.05) is 6.07 Å². The Bertz CT molecular complexity index is 687. The van der Waals surface area contributed by atoms with Gasteiger partial charge in [-0.15, -0.1) is 0 Å². The van der Waals surface area contributed by atoms with Crippen LogP contribution in [0.4, 0.5) is 5.69 Å². The minimum absolute atomic E-state index is 0.175. The molecule has 108 valence electrons. The Kier molecular flexibility index (Phi) is 3.90. The molecule has 0 bridgehead atoms. The van der Waals surface area contributed by atoms with Crippen LogP contribution in [0.3, 0.4) is 0 Å². The summed E-state index contributed by atoms with van der Waals surface area (Å²) in [4.78, 5) is 16.6. The topological polar surface area (TPSA) is 68.0 Å². The van der Waals surface area contributed by atoms with Gasteiger partial charge in [0.1, 0.15) is 0 Å². The van der Waals surface area contributed by atoms with E-state index in [9.17, 15) is 4.79 Å². The molecule has 2 aromatic rings. The molecule has 1 aliphatic rings. The van der Waals surface area contributed by atoms with Gasteiger partial charge in [-0.3, -0.25) is 9.78 Å². The highest BCUT2D eigenvalue weighted by Gasteiger charge is 2.17. The molecular formula is C16H16ClN3O. The van der Waals surface area contributed by atoms with E-state index in [4.69, 9.17) is 17.3 Å². The smallest absolute Gasteiger partial charge is 0.257 e. The van der Waals surface area contributed by atoms with Crippen molar-refractivity contribution in [2.24, 2.45) is 5.73 Å². The van der Waals surface area contributed by atoms with E-state index in [-0.39, 0.29) is 11.9 Å². The molecule has 0 spiro atoms. The number of nitrogens with two attached hydrogens (primary N) is 1. The summed E-state index contributed by atoms with van der Waals surface area (Å²) in [5.74, 6) is -0.234. The van der Waals surface area contributed by atoms with Crippen molar-refractivity contribution in [3.8, 4) is 0 Å². The van der Waals surface area contributed by atoms with Gasteiger partial charge in [0.2, 0.25) is 0 Å². The van der Waals surface area contributed by atoms with Gasteiger partial charge in [0.15, 0.2) is 0 Å². The normalized spacial score (nSPS) is 17.1. The minimum Gasteiger partial charge on any atom is -0.327 e. The van der Waals surface area contributed by atoms with E-state index in [0.717, 1.165) is 30.5 Å².